The summed E-state index contributed by atoms with van der Waals surface area (Å²) in [5.41, 5.74) is 16.4. The fourth-order valence-electron chi connectivity index (χ4n) is 22.6. The zero-order valence-electron chi connectivity index (χ0n) is 86.5. The van der Waals surface area contributed by atoms with Crippen molar-refractivity contribution in [3.8, 4) is 72.9 Å². The van der Waals surface area contributed by atoms with Crippen molar-refractivity contribution in [3.63, 3.8) is 0 Å². The van der Waals surface area contributed by atoms with Gasteiger partial charge in [-0.1, -0.05) is 423 Å². The third kappa shape index (κ3) is 32.9. The van der Waals surface area contributed by atoms with Crippen LogP contribution in [0.1, 0.15) is 367 Å². The number of hydrogen-bond donors (Lipinski definition) is 0. The molecule has 3 aliphatic carbocycles. The van der Waals surface area contributed by atoms with Gasteiger partial charge in [-0.15, -0.1) is 0 Å². The molecule has 2 atom stereocenters. The summed E-state index contributed by atoms with van der Waals surface area (Å²) in [4.78, 5) is 0. The van der Waals surface area contributed by atoms with E-state index < -0.39 is 46.9 Å². The molecule has 13 heteroatoms. The van der Waals surface area contributed by atoms with Crippen molar-refractivity contribution in [2.24, 2.45) is 41.4 Å². The fourth-order valence-corrected chi connectivity index (χ4v) is 22.6. The molecule has 800 valence electrons. The van der Waals surface area contributed by atoms with Gasteiger partial charge in [0.05, 0.1) is 30.4 Å². The lowest BCUT2D eigenvalue weighted by molar-refractivity contribution is -0.224. The van der Waals surface area contributed by atoms with E-state index >= 15 is 17.6 Å². The van der Waals surface area contributed by atoms with Gasteiger partial charge in [-0.2, -0.15) is 13.2 Å². The molecule has 0 bridgehead atoms. The number of alkyl halides is 2. The molecular formula is C134H176F10O3. The van der Waals surface area contributed by atoms with Gasteiger partial charge in [-0.25, -0.2) is 30.7 Å². The third-order valence-electron chi connectivity index (χ3n) is 31.2. The lowest BCUT2D eigenvalue weighted by Crippen LogP contribution is -2.39. The van der Waals surface area contributed by atoms with Crippen molar-refractivity contribution in [2.75, 3.05) is 13.7 Å². The lowest BCUT2D eigenvalue weighted by Gasteiger charge is -2.38. The maximum absolute atomic E-state index is 15.2. The SMILES string of the molecule is C.C.C.C.C.CCCC1CCC(C2CCC(c3ccc(OC)c(F)c3F)CC2)CC1.CCCCCC1CCC(CCc2ccc(-c3ccc(CC)cc3F)cc2)CC1.CCCCCC1COc2c(ccc3cc(-c4ccc(CCC)cc4)c(F)c(F)c23)C1.CCCCCC1Cc2ccc3cc(-c4ccc(CCC)cc4)c(F)c(F)c3c2OC1(F)F.CCCCCc1ccc(-c2ccc(-c3ccc(CCC)cc3)c(F)c2)cc1. The van der Waals surface area contributed by atoms with Crippen molar-refractivity contribution in [1.29, 1.82) is 0 Å². The van der Waals surface area contributed by atoms with E-state index in [9.17, 15) is 26.3 Å². The predicted octanol–water partition coefficient (Wildman–Crippen LogP) is 42.6. The minimum absolute atomic E-state index is 0. The van der Waals surface area contributed by atoms with E-state index in [-0.39, 0.29) is 88.9 Å². The van der Waals surface area contributed by atoms with Crippen molar-refractivity contribution >= 4 is 21.5 Å². The van der Waals surface area contributed by atoms with Crippen LogP contribution in [0.2, 0.25) is 0 Å². The van der Waals surface area contributed by atoms with Gasteiger partial charge < -0.3 is 14.2 Å². The molecule has 0 saturated heterocycles. The molecule has 0 N–H and O–H groups in total. The van der Waals surface area contributed by atoms with Gasteiger partial charge in [-0.05, 0) is 282 Å². The number of unbranched alkanes of at least 4 members (excludes halogenated alkanes) is 8. The largest absolute Gasteiger partial charge is 0.494 e. The second-order valence-electron chi connectivity index (χ2n) is 41.5. The molecule has 2 heterocycles. The van der Waals surface area contributed by atoms with Gasteiger partial charge in [0, 0.05) is 22.3 Å². The summed E-state index contributed by atoms with van der Waals surface area (Å²) < 4.78 is 163. The Hall–Kier alpha value is -10.1. The Morgan fingerprint density at radius 2 is 0.694 bits per heavy atom. The first-order chi connectivity index (χ1) is 69.0. The topological polar surface area (TPSA) is 27.7 Å². The van der Waals surface area contributed by atoms with Crippen molar-refractivity contribution in [3.05, 3.63) is 303 Å². The highest BCUT2D eigenvalue weighted by molar-refractivity contribution is 5.95. The number of hydrogen-bond acceptors (Lipinski definition) is 3. The molecule has 12 aromatic carbocycles. The summed E-state index contributed by atoms with van der Waals surface area (Å²) >= 11 is 0. The maximum atomic E-state index is 15.2. The van der Waals surface area contributed by atoms with Crippen LogP contribution in [0.4, 0.5) is 43.9 Å². The smallest absolute Gasteiger partial charge is 0.401 e. The first-order valence-electron chi connectivity index (χ1n) is 54.6. The highest BCUT2D eigenvalue weighted by atomic mass is 19.3. The summed E-state index contributed by atoms with van der Waals surface area (Å²) in [6, 6.07) is 65.5. The number of ether oxygens (including phenoxy) is 3. The lowest BCUT2D eigenvalue weighted by atomic mass is 9.68. The number of halogens is 10. The average Bonchev–Trinajstić information content (AvgIpc) is 0.738. The van der Waals surface area contributed by atoms with E-state index in [0.717, 1.165) is 165 Å². The minimum atomic E-state index is -3.41. The zero-order valence-corrected chi connectivity index (χ0v) is 86.5. The van der Waals surface area contributed by atoms with Crippen molar-refractivity contribution in [1.82, 2.24) is 0 Å². The summed E-state index contributed by atoms with van der Waals surface area (Å²) in [6.07, 6.45) is 43.4. The highest BCUT2D eigenvalue weighted by Gasteiger charge is 2.47. The standard InChI is InChI=1S/C27H28F4O.C27H30F2O.C27H37F.C26H29F.C22H32F2O.5CH4/c1-3-5-6-8-21-15-20-14-13-19-16-22(18-11-9-17(7-4-2)10-12-18)24(28)25(29)23(19)26(20)32-27(21,30)31;1-3-5-6-8-19-15-22-14-13-21-16-23(20-11-9-18(7-4-2)10-12-20)25(28)26(29)24(21)27(22)30-17-19;1-3-5-6-7-22-8-10-23(11-9-22)12-13-24-14-17-25(18-15-24)26-19-16-21(4-2)20-27(26)28;1-3-5-6-8-21-9-13-22(14-10-21)24-17-18-25(26(27)19-24)23-15-11-20(7-4-2)12-16-23;1-3-4-15-5-7-16(8-6-15)17-9-11-18(12-10-17)19-13-14-20(25-2)22(24)21(19)23;;;;;/h9-14,16,21H,3-8,15H2,1-2H3;9-14,16,19H,3-8,15,17H2,1-2H3;14-20,22-23H,3-13H2,1-2H3;9-19H,3-8H2,1-2H3;13-18H,3-12H2,1-2H3;5*1H4. The van der Waals surface area contributed by atoms with Crippen LogP contribution in [0.15, 0.2) is 206 Å². The van der Waals surface area contributed by atoms with Crippen LogP contribution in [-0.4, -0.2) is 19.8 Å². The van der Waals surface area contributed by atoms with E-state index in [0.29, 0.717) is 80.8 Å². The molecule has 3 nitrogen and oxygen atoms in total. The first kappa shape index (κ1) is 122. The number of rotatable bonds is 36. The molecular weight excluding hydrogens is 1850 g/mol. The molecule has 3 saturated carbocycles. The van der Waals surface area contributed by atoms with Gasteiger partial charge in [-0.3, -0.25) is 0 Å². The number of aryl methyl sites for hydroxylation is 6. The normalized spacial score (nSPS) is 17.9. The van der Waals surface area contributed by atoms with E-state index in [1.807, 2.05) is 91.9 Å². The number of methoxy groups -OCH3 is 1. The predicted molar refractivity (Wildman–Crippen MR) is 606 cm³/mol. The molecule has 0 amide bonds. The zero-order chi connectivity index (χ0) is 101. The van der Waals surface area contributed by atoms with Crippen LogP contribution in [0.3, 0.4) is 0 Å². The molecule has 0 spiro atoms. The van der Waals surface area contributed by atoms with E-state index in [4.69, 9.17) is 14.2 Å². The summed E-state index contributed by atoms with van der Waals surface area (Å²) in [7, 11) is 1.37. The van der Waals surface area contributed by atoms with Crippen LogP contribution in [0.25, 0.3) is 77.2 Å². The van der Waals surface area contributed by atoms with Gasteiger partial charge in [0.15, 0.2) is 34.8 Å². The molecule has 2 aliphatic heterocycles. The number of benzene rings is 12. The van der Waals surface area contributed by atoms with Crippen LogP contribution in [0.5, 0.6) is 17.2 Å². The Bertz CT molecular complexity index is 5900. The Kier molecular flexibility index (Phi) is 50.9. The highest BCUT2D eigenvalue weighted by Crippen LogP contribution is 2.50. The first-order valence-corrected chi connectivity index (χ1v) is 54.6. The Morgan fingerprint density at radius 3 is 1.16 bits per heavy atom. The monoisotopic (exact) mass is 2020 g/mol. The van der Waals surface area contributed by atoms with E-state index in [2.05, 4.69) is 116 Å². The maximum Gasteiger partial charge on any atom is 0.401 e. The van der Waals surface area contributed by atoms with Gasteiger partial charge in [0.1, 0.15) is 23.1 Å². The molecule has 0 aromatic heterocycles. The fraction of sp³-hybridized carbons (Fsp3) is 0.493. The summed E-state index contributed by atoms with van der Waals surface area (Å²) in [5.74, 6) is -1.16. The van der Waals surface area contributed by atoms with Crippen molar-refractivity contribution in [2.45, 2.75) is 375 Å². The number of fused-ring (bicyclic) bond motifs is 6. The molecule has 12 aromatic rings. The Balaban J connectivity index is 0.000000223. The van der Waals surface area contributed by atoms with Crippen LogP contribution in [-0.2, 0) is 51.4 Å². The summed E-state index contributed by atoms with van der Waals surface area (Å²) in [5, 5.41) is 1.10. The molecule has 0 radical (unpaired) electrons. The molecule has 147 heavy (non-hydrogen) atoms. The minimum Gasteiger partial charge on any atom is -0.494 e. The van der Waals surface area contributed by atoms with Crippen molar-refractivity contribution < 1.29 is 58.1 Å². The molecule has 17 rings (SSSR count). The second-order valence-corrected chi connectivity index (χ2v) is 41.5. The van der Waals surface area contributed by atoms with E-state index in [1.165, 1.54) is 183 Å². The average molecular weight is 2020 g/mol. The van der Waals surface area contributed by atoms with Gasteiger partial charge >= 0.3 is 6.11 Å². The van der Waals surface area contributed by atoms with Crippen LogP contribution in [0, 0.1) is 88.0 Å². The van der Waals surface area contributed by atoms with E-state index in [1.54, 1.807) is 54.6 Å². The molecule has 2 unspecified atom stereocenters. The third-order valence-corrected chi connectivity index (χ3v) is 31.2. The van der Waals surface area contributed by atoms with Gasteiger partial charge in [0.25, 0.3) is 0 Å². The molecule has 3 fully saturated rings. The quantitative estimate of drug-likeness (QED) is 0.0289. The van der Waals surface area contributed by atoms with Crippen LogP contribution >= 0.6 is 0 Å². The van der Waals surface area contributed by atoms with Gasteiger partial charge in [0.2, 0.25) is 5.82 Å². The summed E-state index contributed by atoms with van der Waals surface area (Å²) in [6.45, 7) is 20.0. The second kappa shape index (κ2) is 61.2. The Labute approximate surface area is 879 Å². The Morgan fingerprint density at radius 1 is 0.299 bits per heavy atom. The van der Waals surface area contributed by atoms with Crippen LogP contribution < -0.4 is 14.2 Å². The molecule has 5 aliphatic rings.